The highest BCUT2D eigenvalue weighted by molar-refractivity contribution is 5.13. The van der Waals surface area contributed by atoms with Crippen molar-refractivity contribution in [1.29, 1.82) is 0 Å². The lowest BCUT2D eigenvalue weighted by molar-refractivity contribution is 0.0624. The van der Waals surface area contributed by atoms with Gasteiger partial charge in [0.25, 0.3) is 0 Å². The summed E-state index contributed by atoms with van der Waals surface area (Å²) in [5, 5.41) is 3.53. The Morgan fingerprint density at radius 1 is 1.11 bits per heavy atom. The lowest BCUT2D eigenvalue weighted by Crippen LogP contribution is -2.18. The van der Waals surface area contributed by atoms with Gasteiger partial charge in [-0.3, -0.25) is 0 Å². The smallest absolute Gasteiger partial charge is 0.123 e. The maximum absolute atomic E-state index is 5.76. The van der Waals surface area contributed by atoms with Crippen molar-refractivity contribution in [3.8, 4) is 0 Å². The molecule has 3 rings (SSSR count). The Morgan fingerprint density at radius 2 is 1.95 bits per heavy atom. The molecule has 1 aliphatic rings. The Kier molecular flexibility index (Phi) is 3.96. The summed E-state index contributed by atoms with van der Waals surface area (Å²) >= 11 is 0. The van der Waals surface area contributed by atoms with Gasteiger partial charge in [0.05, 0.1) is 6.61 Å². The van der Waals surface area contributed by atoms with Crippen molar-refractivity contribution in [1.82, 2.24) is 9.88 Å². The van der Waals surface area contributed by atoms with Crippen LogP contribution in [0.4, 0.5) is 0 Å². The second-order valence-corrected chi connectivity index (χ2v) is 5.09. The van der Waals surface area contributed by atoms with Gasteiger partial charge in [-0.25, -0.2) is 0 Å². The first-order valence-corrected chi connectivity index (χ1v) is 6.91. The van der Waals surface area contributed by atoms with Crippen molar-refractivity contribution in [3.63, 3.8) is 0 Å². The molecule has 1 aliphatic carbocycles. The van der Waals surface area contributed by atoms with Gasteiger partial charge >= 0.3 is 0 Å². The molecule has 1 saturated carbocycles. The lowest BCUT2D eigenvalue weighted by Gasteiger charge is -2.10. The van der Waals surface area contributed by atoms with Crippen LogP contribution in [0.5, 0.6) is 0 Å². The second kappa shape index (κ2) is 6.04. The van der Waals surface area contributed by atoms with Crippen molar-refractivity contribution in [2.45, 2.75) is 38.8 Å². The predicted octanol–water partition coefficient (Wildman–Crippen LogP) is 2.91. The van der Waals surface area contributed by atoms with Gasteiger partial charge in [0.2, 0.25) is 0 Å². The summed E-state index contributed by atoms with van der Waals surface area (Å²) in [4.78, 5) is 0. The first-order valence-electron chi connectivity index (χ1n) is 6.91. The van der Waals surface area contributed by atoms with Crippen molar-refractivity contribution in [3.05, 3.63) is 59.9 Å². The standard InChI is InChI=1S/C16H20N2O/c1-2-5-14(6-3-1)12-19-13-18-10-4-7-16(18)11-17-15-8-9-15/h1-7,10,15,17H,8-9,11-13H2. The summed E-state index contributed by atoms with van der Waals surface area (Å²) in [5.41, 5.74) is 2.51. The fourth-order valence-corrected chi connectivity index (χ4v) is 2.11. The van der Waals surface area contributed by atoms with Gasteiger partial charge in [-0.05, 0) is 30.5 Å². The summed E-state index contributed by atoms with van der Waals surface area (Å²) in [6.07, 6.45) is 4.73. The topological polar surface area (TPSA) is 26.2 Å². The molecule has 2 aromatic rings. The van der Waals surface area contributed by atoms with Gasteiger partial charge in [0, 0.05) is 24.5 Å². The van der Waals surface area contributed by atoms with Crippen LogP contribution in [0.3, 0.4) is 0 Å². The average Bonchev–Trinajstić information content (AvgIpc) is 3.17. The zero-order chi connectivity index (χ0) is 12.9. The number of rotatable bonds is 7. The summed E-state index contributed by atoms with van der Waals surface area (Å²) in [6, 6.07) is 15.3. The van der Waals surface area contributed by atoms with Crippen LogP contribution in [0.25, 0.3) is 0 Å². The molecule has 1 aromatic carbocycles. The zero-order valence-corrected chi connectivity index (χ0v) is 11.1. The molecule has 1 aromatic heterocycles. The summed E-state index contributed by atoms with van der Waals surface area (Å²) < 4.78 is 7.93. The number of aromatic nitrogens is 1. The second-order valence-electron chi connectivity index (χ2n) is 5.09. The highest BCUT2D eigenvalue weighted by Crippen LogP contribution is 2.19. The van der Waals surface area contributed by atoms with Crippen LogP contribution < -0.4 is 5.32 Å². The van der Waals surface area contributed by atoms with E-state index < -0.39 is 0 Å². The summed E-state index contributed by atoms with van der Waals surface area (Å²) in [5.74, 6) is 0. The molecule has 3 heteroatoms. The van der Waals surface area contributed by atoms with E-state index in [1.807, 2.05) is 18.2 Å². The highest BCUT2D eigenvalue weighted by atomic mass is 16.5. The first-order chi connectivity index (χ1) is 9.42. The molecule has 0 unspecified atom stereocenters. The van der Waals surface area contributed by atoms with Gasteiger partial charge in [0.15, 0.2) is 0 Å². The van der Waals surface area contributed by atoms with E-state index in [4.69, 9.17) is 4.74 Å². The van der Waals surface area contributed by atoms with E-state index in [2.05, 4.69) is 40.3 Å². The average molecular weight is 256 g/mol. The maximum Gasteiger partial charge on any atom is 0.123 e. The van der Waals surface area contributed by atoms with Crippen LogP contribution in [0.1, 0.15) is 24.1 Å². The molecule has 0 bridgehead atoms. The van der Waals surface area contributed by atoms with Gasteiger partial charge < -0.3 is 14.6 Å². The Labute approximate surface area is 114 Å². The minimum atomic E-state index is 0.615. The molecule has 0 aliphatic heterocycles. The Hall–Kier alpha value is -1.58. The molecule has 0 atom stereocenters. The van der Waals surface area contributed by atoms with E-state index >= 15 is 0 Å². The fraction of sp³-hybridized carbons (Fsp3) is 0.375. The maximum atomic E-state index is 5.76. The van der Waals surface area contributed by atoms with Crippen LogP contribution in [-0.4, -0.2) is 10.6 Å². The first kappa shape index (κ1) is 12.5. The lowest BCUT2D eigenvalue weighted by atomic mass is 10.2. The minimum absolute atomic E-state index is 0.615. The van der Waals surface area contributed by atoms with E-state index in [0.29, 0.717) is 13.3 Å². The molecule has 1 N–H and O–H groups in total. The third kappa shape index (κ3) is 3.69. The van der Waals surface area contributed by atoms with Gasteiger partial charge in [-0.2, -0.15) is 0 Å². The van der Waals surface area contributed by atoms with Crippen molar-refractivity contribution >= 4 is 0 Å². The quantitative estimate of drug-likeness (QED) is 0.824. The molecule has 1 heterocycles. The Bertz CT molecular complexity index is 502. The normalized spacial score (nSPS) is 14.7. The van der Waals surface area contributed by atoms with Crippen molar-refractivity contribution in [2.75, 3.05) is 0 Å². The number of hydrogen-bond acceptors (Lipinski definition) is 2. The molecular weight excluding hydrogens is 236 g/mol. The van der Waals surface area contributed by atoms with Crippen molar-refractivity contribution < 1.29 is 4.74 Å². The SMILES string of the molecule is c1ccc(COCn2cccc2CNC2CC2)cc1. The Morgan fingerprint density at radius 3 is 2.74 bits per heavy atom. The van der Waals surface area contributed by atoms with E-state index in [0.717, 1.165) is 12.6 Å². The molecule has 1 fully saturated rings. The number of nitrogens with zero attached hydrogens (tertiary/aromatic N) is 1. The van der Waals surface area contributed by atoms with E-state index in [9.17, 15) is 0 Å². The molecule has 0 radical (unpaired) electrons. The van der Waals surface area contributed by atoms with Crippen LogP contribution in [0.15, 0.2) is 48.7 Å². The summed E-state index contributed by atoms with van der Waals surface area (Å²) in [7, 11) is 0. The zero-order valence-electron chi connectivity index (χ0n) is 11.1. The molecule has 3 nitrogen and oxygen atoms in total. The van der Waals surface area contributed by atoms with E-state index in [1.54, 1.807) is 0 Å². The van der Waals surface area contributed by atoms with Gasteiger partial charge in [0.1, 0.15) is 6.73 Å². The van der Waals surface area contributed by atoms with Crippen LogP contribution in [0, 0.1) is 0 Å². The van der Waals surface area contributed by atoms with Crippen LogP contribution in [-0.2, 0) is 24.6 Å². The minimum Gasteiger partial charge on any atom is -0.356 e. The third-order valence-corrected chi connectivity index (χ3v) is 3.41. The van der Waals surface area contributed by atoms with E-state index in [-0.39, 0.29) is 0 Å². The molecule has 19 heavy (non-hydrogen) atoms. The number of hydrogen-bond donors (Lipinski definition) is 1. The monoisotopic (exact) mass is 256 g/mol. The molecular formula is C16H20N2O. The molecule has 0 saturated heterocycles. The van der Waals surface area contributed by atoms with Gasteiger partial charge in [-0.15, -0.1) is 0 Å². The highest BCUT2D eigenvalue weighted by Gasteiger charge is 2.20. The third-order valence-electron chi connectivity index (χ3n) is 3.41. The van der Waals surface area contributed by atoms with Crippen molar-refractivity contribution in [2.24, 2.45) is 0 Å². The summed E-state index contributed by atoms with van der Waals surface area (Å²) in [6.45, 7) is 2.21. The fourth-order valence-electron chi connectivity index (χ4n) is 2.11. The molecule has 0 spiro atoms. The van der Waals surface area contributed by atoms with Crippen LogP contribution in [0.2, 0.25) is 0 Å². The number of ether oxygens (including phenoxy) is 1. The van der Waals surface area contributed by atoms with E-state index in [1.165, 1.54) is 24.1 Å². The molecule has 0 amide bonds. The number of benzene rings is 1. The van der Waals surface area contributed by atoms with Gasteiger partial charge in [-0.1, -0.05) is 30.3 Å². The number of nitrogens with one attached hydrogen (secondary N) is 1. The molecule has 100 valence electrons. The predicted molar refractivity (Wildman–Crippen MR) is 75.5 cm³/mol. The largest absolute Gasteiger partial charge is 0.356 e. The van der Waals surface area contributed by atoms with Crippen LogP contribution >= 0.6 is 0 Å². The Balaban J connectivity index is 1.47.